The summed E-state index contributed by atoms with van der Waals surface area (Å²) in [4.78, 5) is 16.6. The van der Waals surface area contributed by atoms with Crippen molar-refractivity contribution in [1.82, 2.24) is 15.0 Å². The third-order valence-corrected chi connectivity index (χ3v) is 7.45. The number of hydrogen-bond acceptors (Lipinski definition) is 7. The predicted octanol–water partition coefficient (Wildman–Crippen LogP) is 7.58. The molecule has 0 amide bonds. The van der Waals surface area contributed by atoms with Gasteiger partial charge >= 0.3 is 0 Å². The highest BCUT2D eigenvalue weighted by Crippen LogP contribution is 2.37. The first-order valence-corrected chi connectivity index (χ1v) is 12.8. The summed E-state index contributed by atoms with van der Waals surface area (Å²) >= 11 is 4.84. The fourth-order valence-corrected chi connectivity index (χ4v) is 5.76. The first-order chi connectivity index (χ1) is 15.7. The van der Waals surface area contributed by atoms with Crippen molar-refractivity contribution in [2.45, 2.75) is 27.8 Å². The molecule has 158 valence electrons. The largest absolute Gasteiger partial charge is 0.331 e. The van der Waals surface area contributed by atoms with Crippen LogP contribution in [0.1, 0.15) is 11.1 Å². The van der Waals surface area contributed by atoms with Gasteiger partial charge < -0.3 is 5.32 Å². The van der Waals surface area contributed by atoms with Crippen LogP contribution in [0.25, 0.3) is 10.3 Å². The topological polar surface area (TPSA) is 50.7 Å². The van der Waals surface area contributed by atoms with E-state index in [2.05, 4.69) is 60.8 Å². The Morgan fingerprint density at radius 1 is 0.812 bits per heavy atom. The highest BCUT2D eigenvalue weighted by Gasteiger charge is 2.16. The van der Waals surface area contributed by atoms with Crippen LogP contribution < -0.4 is 5.32 Å². The van der Waals surface area contributed by atoms with Crippen LogP contribution in [0, 0.1) is 6.92 Å². The summed E-state index contributed by atoms with van der Waals surface area (Å²) in [6.07, 6.45) is 0. The predicted molar refractivity (Wildman–Crippen MR) is 136 cm³/mol. The Balaban J connectivity index is 1.48. The Morgan fingerprint density at radius 3 is 2.28 bits per heavy atom. The van der Waals surface area contributed by atoms with Gasteiger partial charge in [-0.25, -0.2) is 15.0 Å². The molecule has 0 unspecified atom stereocenters. The summed E-state index contributed by atoms with van der Waals surface area (Å²) in [5, 5.41) is 5.86. The fourth-order valence-electron chi connectivity index (χ4n) is 3.05. The van der Waals surface area contributed by atoms with E-state index < -0.39 is 0 Å². The molecular weight excluding hydrogens is 453 g/mol. The zero-order chi connectivity index (χ0) is 21.8. The fraction of sp³-hybridized carbons (Fsp3) is 0.0800. The number of aryl methyl sites for hydroxylation is 1. The average Bonchev–Trinajstić information content (AvgIpc) is 3.23. The molecule has 4 nitrogen and oxygen atoms in total. The lowest BCUT2D eigenvalue weighted by atomic mass is 10.2. The number of thioether (sulfide) groups is 1. The normalized spacial score (nSPS) is 11.0. The van der Waals surface area contributed by atoms with Gasteiger partial charge in [-0.15, -0.1) is 0 Å². The lowest BCUT2D eigenvalue weighted by Crippen LogP contribution is -1.92. The molecule has 2 heterocycles. The van der Waals surface area contributed by atoms with Crippen molar-refractivity contribution in [3.8, 4) is 0 Å². The van der Waals surface area contributed by atoms with Crippen molar-refractivity contribution in [3.05, 3.63) is 96.1 Å². The lowest BCUT2D eigenvalue weighted by Gasteiger charge is -2.05. The van der Waals surface area contributed by atoms with Crippen molar-refractivity contribution in [2.75, 3.05) is 5.32 Å². The van der Waals surface area contributed by atoms with Gasteiger partial charge in [0, 0.05) is 16.3 Å². The van der Waals surface area contributed by atoms with Crippen LogP contribution in [-0.4, -0.2) is 15.0 Å². The molecule has 0 bridgehead atoms. The van der Waals surface area contributed by atoms with Gasteiger partial charge in [0.2, 0.25) is 0 Å². The van der Waals surface area contributed by atoms with Crippen molar-refractivity contribution < 1.29 is 0 Å². The van der Waals surface area contributed by atoms with Gasteiger partial charge in [-0.1, -0.05) is 101 Å². The number of aromatic nitrogens is 3. The molecule has 5 rings (SSSR count). The molecule has 0 radical (unpaired) electrons. The standard InChI is InChI=1S/C25H20N4S3/c1-17-12-14-20(15-13-17)31-22-21-23(32-25(27-21)26-19-10-6-3-7-11-19)29-24(28-22)30-16-18-8-4-2-5-9-18/h2-15H,16H2,1H3,(H,26,27). The molecule has 0 fully saturated rings. The molecule has 0 aliphatic heterocycles. The first-order valence-electron chi connectivity index (χ1n) is 10.1. The summed E-state index contributed by atoms with van der Waals surface area (Å²) in [6.45, 7) is 2.09. The van der Waals surface area contributed by atoms with Gasteiger partial charge in [0.05, 0.1) is 0 Å². The number of hydrogen-bond donors (Lipinski definition) is 1. The van der Waals surface area contributed by atoms with E-state index in [1.165, 1.54) is 11.1 Å². The van der Waals surface area contributed by atoms with Gasteiger partial charge in [-0.05, 0) is 36.8 Å². The average molecular weight is 473 g/mol. The molecule has 0 saturated heterocycles. The van der Waals surface area contributed by atoms with Crippen LogP contribution in [0.2, 0.25) is 0 Å². The van der Waals surface area contributed by atoms with Gasteiger partial charge in [0.1, 0.15) is 10.5 Å². The monoisotopic (exact) mass is 472 g/mol. The number of anilines is 2. The van der Waals surface area contributed by atoms with E-state index in [0.29, 0.717) is 0 Å². The van der Waals surface area contributed by atoms with Crippen LogP contribution in [0.3, 0.4) is 0 Å². The Labute approximate surface area is 199 Å². The minimum atomic E-state index is 0.769. The minimum Gasteiger partial charge on any atom is -0.331 e. The van der Waals surface area contributed by atoms with Crippen LogP contribution >= 0.6 is 34.9 Å². The molecule has 0 saturated carbocycles. The first kappa shape index (κ1) is 21.0. The SMILES string of the molecule is Cc1ccc(Sc2nc(SCc3ccccc3)nc3sc(Nc4ccccc4)nc23)cc1. The highest BCUT2D eigenvalue weighted by atomic mass is 32.2. The van der Waals surface area contributed by atoms with E-state index >= 15 is 0 Å². The number of para-hydroxylation sites is 1. The maximum absolute atomic E-state index is 4.89. The van der Waals surface area contributed by atoms with E-state index in [0.717, 1.165) is 42.0 Å². The third-order valence-electron chi connectivity index (χ3n) is 4.68. The second-order valence-corrected chi connectivity index (χ2v) is 10.1. The van der Waals surface area contributed by atoms with Crippen molar-refractivity contribution in [2.24, 2.45) is 0 Å². The second-order valence-electron chi connectivity index (χ2n) is 7.16. The van der Waals surface area contributed by atoms with Crippen LogP contribution in [0.15, 0.2) is 100 Å². The molecule has 3 aromatic carbocycles. The number of nitrogens with zero attached hydrogens (tertiary/aromatic N) is 3. The van der Waals surface area contributed by atoms with E-state index in [9.17, 15) is 0 Å². The Bertz CT molecular complexity index is 1320. The van der Waals surface area contributed by atoms with E-state index in [1.54, 1.807) is 34.9 Å². The Kier molecular flexibility index (Phi) is 6.39. The summed E-state index contributed by atoms with van der Waals surface area (Å²) in [5.74, 6) is 0.828. The summed E-state index contributed by atoms with van der Waals surface area (Å²) in [7, 11) is 0. The molecule has 5 aromatic rings. The number of fused-ring (bicyclic) bond motifs is 1. The maximum atomic E-state index is 4.89. The summed E-state index contributed by atoms with van der Waals surface area (Å²) < 4.78 is 0. The van der Waals surface area contributed by atoms with Crippen molar-refractivity contribution >= 4 is 56.0 Å². The van der Waals surface area contributed by atoms with E-state index in [-0.39, 0.29) is 0 Å². The van der Waals surface area contributed by atoms with Crippen LogP contribution in [0.4, 0.5) is 10.8 Å². The molecule has 7 heteroatoms. The molecule has 0 aliphatic rings. The Hall–Kier alpha value is -2.87. The maximum Gasteiger partial charge on any atom is 0.190 e. The molecule has 0 aliphatic carbocycles. The van der Waals surface area contributed by atoms with Crippen LogP contribution in [-0.2, 0) is 5.75 Å². The van der Waals surface area contributed by atoms with Crippen molar-refractivity contribution in [1.29, 1.82) is 0 Å². The third kappa shape index (κ3) is 5.12. The zero-order valence-corrected chi connectivity index (χ0v) is 19.8. The number of benzene rings is 3. The van der Waals surface area contributed by atoms with Crippen LogP contribution in [0.5, 0.6) is 0 Å². The number of nitrogens with one attached hydrogen (secondary N) is 1. The molecular formula is C25H20N4S3. The number of rotatable bonds is 7. The van der Waals surface area contributed by atoms with Gasteiger partial charge in [0.25, 0.3) is 0 Å². The summed E-state index contributed by atoms with van der Waals surface area (Å²) in [6, 6.07) is 29.0. The lowest BCUT2D eigenvalue weighted by molar-refractivity contribution is 0.929. The highest BCUT2D eigenvalue weighted by molar-refractivity contribution is 7.99. The Morgan fingerprint density at radius 2 is 1.53 bits per heavy atom. The molecule has 2 aromatic heterocycles. The molecule has 1 N–H and O–H groups in total. The van der Waals surface area contributed by atoms with E-state index in [1.807, 2.05) is 36.4 Å². The molecule has 32 heavy (non-hydrogen) atoms. The van der Waals surface area contributed by atoms with Gasteiger partial charge in [-0.3, -0.25) is 0 Å². The quantitative estimate of drug-likeness (QED) is 0.150. The summed E-state index contributed by atoms with van der Waals surface area (Å²) in [5.41, 5.74) is 4.34. The zero-order valence-electron chi connectivity index (χ0n) is 17.4. The molecule has 0 spiro atoms. The second kappa shape index (κ2) is 9.73. The van der Waals surface area contributed by atoms with Gasteiger partial charge in [-0.2, -0.15) is 0 Å². The smallest absolute Gasteiger partial charge is 0.190 e. The van der Waals surface area contributed by atoms with Crippen molar-refractivity contribution in [3.63, 3.8) is 0 Å². The van der Waals surface area contributed by atoms with Gasteiger partial charge in [0.15, 0.2) is 15.1 Å². The number of thiazole rings is 1. The van der Waals surface area contributed by atoms with E-state index in [4.69, 9.17) is 15.0 Å². The minimum absolute atomic E-state index is 0.769. The molecule has 0 atom stereocenters.